The van der Waals surface area contributed by atoms with E-state index in [2.05, 4.69) is 4.98 Å². The molecule has 0 N–H and O–H groups in total. The van der Waals surface area contributed by atoms with Gasteiger partial charge in [0.2, 0.25) is 0 Å². The summed E-state index contributed by atoms with van der Waals surface area (Å²) < 4.78 is 11.0. The Morgan fingerprint density at radius 2 is 1.63 bits per heavy atom. The van der Waals surface area contributed by atoms with E-state index in [4.69, 9.17) is 9.47 Å². The van der Waals surface area contributed by atoms with Crippen LogP contribution in [0.5, 0.6) is 11.5 Å². The molecule has 3 rings (SSSR count). The minimum Gasteiger partial charge on any atom is -0.496 e. The molecular formula is C22H22N2O3. The molecule has 5 nitrogen and oxygen atoms in total. The van der Waals surface area contributed by atoms with Crippen molar-refractivity contribution in [2.45, 2.75) is 13.5 Å². The third-order valence-electron chi connectivity index (χ3n) is 4.41. The molecule has 0 saturated heterocycles. The summed E-state index contributed by atoms with van der Waals surface area (Å²) >= 11 is 0. The van der Waals surface area contributed by atoms with Crippen LogP contribution in [0, 0.1) is 6.92 Å². The number of rotatable bonds is 6. The third kappa shape index (κ3) is 3.92. The largest absolute Gasteiger partial charge is 0.496 e. The molecule has 1 aromatic heterocycles. The number of benzene rings is 2. The van der Waals surface area contributed by atoms with E-state index < -0.39 is 0 Å². The normalized spacial score (nSPS) is 10.3. The fraction of sp³-hybridized carbons (Fsp3) is 0.182. The number of hydrogen-bond donors (Lipinski definition) is 0. The lowest BCUT2D eigenvalue weighted by atomic mass is 10.1. The van der Waals surface area contributed by atoms with Crippen LogP contribution in [0.1, 0.15) is 21.5 Å². The summed E-state index contributed by atoms with van der Waals surface area (Å²) in [4.78, 5) is 19.2. The van der Waals surface area contributed by atoms with Crippen molar-refractivity contribution >= 4 is 11.6 Å². The lowest BCUT2D eigenvalue weighted by molar-refractivity contribution is 0.0984. The monoisotopic (exact) mass is 362 g/mol. The van der Waals surface area contributed by atoms with Gasteiger partial charge in [0.05, 0.1) is 26.3 Å². The van der Waals surface area contributed by atoms with Gasteiger partial charge in [0.1, 0.15) is 11.5 Å². The maximum absolute atomic E-state index is 13.4. The number of pyridine rings is 1. The highest BCUT2D eigenvalue weighted by atomic mass is 16.5. The zero-order valence-corrected chi connectivity index (χ0v) is 15.7. The van der Waals surface area contributed by atoms with Gasteiger partial charge in [-0.2, -0.15) is 0 Å². The van der Waals surface area contributed by atoms with Gasteiger partial charge < -0.3 is 14.4 Å². The summed E-state index contributed by atoms with van der Waals surface area (Å²) in [6.45, 7) is 2.20. The average Bonchev–Trinajstić information content (AvgIpc) is 2.72. The Morgan fingerprint density at radius 1 is 0.963 bits per heavy atom. The number of amides is 1. The minimum absolute atomic E-state index is 0.103. The van der Waals surface area contributed by atoms with Crippen LogP contribution in [0.2, 0.25) is 0 Å². The number of methoxy groups -OCH3 is 2. The number of carbonyl (C=O) groups excluding carboxylic acids is 1. The molecule has 5 heteroatoms. The first kappa shape index (κ1) is 18.5. The van der Waals surface area contributed by atoms with Crippen LogP contribution in [0.4, 0.5) is 5.69 Å². The van der Waals surface area contributed by atoms with Crippen molar-refractivity contribution in [2.24, 2.45) is 0 Å². The number of ether oxygens (including phenoxy) is 2. The Bertz CT molecular complexity index is 904. The molecule has 0 aliphatic rings. The molecule has 3 aromatic rings. The summed E-state index contributed by atoms with van der Waals surface area (Å²) in [5.41, 5.74) is 3.05. The smallest absolute Gasteiger partial charge is 0.258 e. The first-order valence-electron chi connectivity index (χ1n) is 8.63. The molecule has 0 radical (unpaired) electrons. The molecule has 0 aliphatic heterocycles. The zero-order chi connectivity index (χ0) is 19.2. The maximum Gasteiger partial charge on any atom is 0.258 e. The molecule has 0 saturated carbocycles. The Balaban J connectivity index is 2.08. The van der Waals surface area contributed by atoms with Gasteiger partial charge >= 0.3 is 0 Å². The standard InChI is InChI=1S/C22H22N2O3/c1-16-14-23-13-12-18(16)22(25)24(17-8-5-4-6-9-17)15-19-20(26-2)10-7-11-21(19)27-3/h4-14H,15H2,1-3H3. The third-order valence-corrected chi connectivity index (χ3v) is 4.41. The number of nitrogens with zero attached hydrogens (tertiary/aromatic N) is 2. The maximum atomic E-state index is 13.4. The van der Waals surface area contributed by atoms with Gasteiger partial charge in [-0.25, -0.2) is 0 Å². The van der Waals surface area contributed by atoms with Gasteiger partial charge in [-0.3, -0.25) is 9.78 Å². The first-order chi connectivity index (χ1) is 13.2. The first-order valence-corrected chi connectivity index (χ1v) is 8.63. The molecule has 0 aliphatic carbocycles. The van der Waals surface area contributed by atoms with E-state index in [1.807, 2.05) is 55.5 Å². The lowest BCUT2D eigenvalue weighted by Crippen LogP contribution is -2.31. The number of aromatic nitrogens is 1. The van der Waals surface area contributed by atoms with Crippen LogP contribution < -0.4 is 14.4 Å². The Hall–Kier alpha value is -3.34. The topological polar surface area (TPSA) is 51.7 Å². The van der Waals surface area contributed by atoms with Gasteiger partial charge in [-0.1, -0.05) is 24.3 Å². The summed E-state index contributed by atoms with van der Waals surface area (Å²) in [6, 6.07) is 16.9. The molecule has 1 amide bonds. The van der Waals surface area contributed by atoms with Gasteiger partial charge in [0.15, 0.2) is 0 Å². The van der Waals surface area contributed by atoms with E-state index in [0.29, 0.717) is 23.6 Å². The molecule has 0 bridgehead atoms. The van der Waals surface area contributed by atoms with Crippen LogP contribution in [0.15, 0.2) is 67.0 Å². The molecule has 1 heterocycles. The molecule has 2 aromatic carbocycles. The summed E-state index contributed by atoms with van der Waals surface area (Å²) in [5, 5.41) is 0. The fourth-order valence-corrected chi connectivity index (χ4v) is 2.99. The highest BCUT2D eigenvalue weighted by Gasteiger charge is 2.23. The van der Waals surface area contributed by atoms with E-state index >= 15 is 0 Å². The van der Waals surface area contributed by atoms with Crippen molar-refractivity contribution in [2.75, 3.05) is 19.1 Å². The van der Waals surface area contributed by atoms with E-state index in [-0.39, 0.29) is 5.91 Å². The van der Waals surface area contributed by atoms with Gasteiger partial charge in [-0.15, -0.1) is 0 Å². The van der Waals surface area contributed by atoms with Crippen molar-refractivity contribution in [1.82, 2.24) is 4.98 Å². The highest BCUT2D eigenvalue weighted by molar-refractivity contribution is 6.06. The van der Waals surface area contributed by atoms with Crippen LogP contribution in [-0.4, -0.2) is 25.1 Å². The van der Waals surface area contributed by atoms with Gasteiger partial charge in [-0.05, 0) is 42.8 Å². The van der Waals surface area contributed by atoms with Crippen LogP contribution in [-0.2, 0) is 6.54 Å². The van der Waals surface area contributed by atoms with E-state index in [9.17, 15) is 4.79 Å². The second kappa shape index (κ2) is 8.36. The van der Waals surface area contributed by atoms with Crippen LogP contribution in [0.3, 0.4) is 0 Å². The lowest BCUT2D eigenvalue weighted by Gasteiger charge is -2.25. The second-order valence-electron chi connectivity index (χ2n) is 6.06. The molecule has 138 valence electrons. The van der Waals surface area contributed by atoms with Gasteiger partial charge in [0, 0.05) is 23.6 Å². The Morgan fingerprint density at radius 3 is 2.22 bits per heavy atom. The molecule has 0 unspecified atom stereocenters. The van der Waals surface area contributed by atoms with Crippen molar-refractivity contribution in [3.8, 4) is 11.5 Å². The highest BCUT2D eigenvalue weighted by Crippen LogP contribution is 2.32. The number of para-hydroxylation sites is 1. The van der Waals surface area contributed by atoms with Crippen molar-refractivity contribution in [3.63, 3.8) is 0 Å². The fourth-order valence-electron chi connectivity index (χ4n) is 2.99. The molecule has 0 fully saturated rings. The quantitative estimate of drug-likeness (QED) is 0.658. The predicted octanol–water partition coefficient (Wildman–Crippen LogP) is 4.25. The predicted molar refractivity (Wildman–Crippen MR) is 105 cm³/mol. The number of carbonyl (C=O) groups is 1. The average molecular weight is 362 g/mol. The van der Waals surface area contributed by atoms with Crippen LogP contribution in [0.25, 0.3) is 0 Å². The summed E-state index contributed by atoms with van der Waals surface area (Å²) in [6.07, 6.45) is 3.33. The summed E-state index contributed by atoms with van der Waals surface area (Å²) in [7, 11) is 3.22. The number of hydrogen-bond acceptors (Lipinski definition) is 4. The molecular weight excluding hydrogens is 340 g/mol. The summed E-state index contributed by atoms with van der Waals surface area (Å²) in [5.74, 6) is 1.25. The van der Waals surface area contributed by atoms with E-state index in [1.165, 1.54) is 0 Å². The second-order valence-corrected chi connectivity index (χ2v) is 6.06. The van der Waals surface area contributed by atoms with Crippen LogP contribution >= 0.6 is 0 Å². The van der Waals surface area contributed by atoms with E-state index in [1.54, 1.807) is 37.6 Å². The van der Waals surface area contributed by atoms with E-state index in [0.717, 1.165) is 16.8 Å². The number of aryl methyl sites for hydroxylation is 1. The van der Waals surface area contributed by atoms with Crippen molar-refractivity contribution in [1.29, 1.82) is 0 Å². The zero-order valence-electron chi connectivity index (χ0n) is 15.7. The molecule has 0 atom stereocenters. The van der Waals surface area contributed by atoms with Gasteiger partial charge in [0.25, 0.3) is 5.91 Å². The molecule has 27 heavy (non-hydrogen) atoms. The Labute approximate surface area is 159 Å². The SMILES string of the molecule is COc1cccc(OC)c1CN(C(=O)c1ccncc1C)c1ccccc1. The minimum atomic E-state index is -0.103. The molecule has 0 spiro atoms. The van der Waals surface area contributed by atoms with Crippen molar-refractivity contribution < 1.29 is 14.3 Å². The van der Waals surface area contributed by atoms with Crippen molar-refractivity contribution in [3.05, 3.63) is 83.7 Å². The number of anilines is 1. The Kier molecular flexibility index (Phi) is 5.71.